The monoisotopic (exact) mass is 457 g/mol. The van der Waals surface area contributed by atoms with Gasteiger partial charge in [0.25, 0.3) is 0 Å². The molecule has 0 bridgehead atoms. The number of pyridine rings is 1. The SMILES string of the molecule is NCC1CCC(C(=O)NC(Cc2ccccc2)c2cc(-c3ccc(C(=O)O)cc3)ccn2)CC1. The maximum absolute atomic E-state index is 13.2. The summed E-state index contributed by atoms with van der Waals surface area (Å²) in [6, 6.07) is 20.5. The fourth-order valence-electron chi connectivity index (χ4n) is 4.65. The van der Waals surface area contributed by atoms with Crippen LogP contribution in [0.1, 0.15) is 53.3 Å². The second-order valence-corrected chi connectivity index (χ2v) is 9.06. The van der Waals surface area contributed by atoms with Crippen LogP contribution in [0.15, 0.2) is 72.9 Å². The van der Waals surface area contributed by atoms with Crippen molar-refractivity contribution in [1.82, 2.24) is 10.3 Å². The van der Waals surface area contributed by atoms with E-state index in [1.165, 1.54) is 0 Å². The van der Waals surface area contributed by atoms with Crippen molar-refractivity contribution in [3.05, 3.63) is 89.7 Å². The van der Waals surface area contributed by atoms with Crippen molar-refractivity contribution >= 4 is 11.9 Å². The van der Waals surface area contributed by atoms with E-state index in [-0.39, 0.29) is 23.4 Å². The first kappa shape index (κ1) is 23.6. The summed E-state index contributed by atoms with van der Waals surface area (Å²) in [5.41, 5.74) is 9.80. The molecule has 6 heteroatoms. The number of carboxylic acids is 1. The summed E-state index contributed by atoms with van der Waals surface area (Å²) < 4.78 is 0. The molecule has 2 aromatic carbocycles. The maximum atomic E-state index is 13.2. The van der Waals surface area contributed by atoms with Gasteiger partial charge in [0.2, 0.25) is 5.91 Å². The van der Waals surface area contributed by atoms with E-state index in [9.17, 15) is 9.59 Å². The lowest BCUT2D eigenvalue weighted by atomic mass is 9.81. The fourth-order valence-corrected chi connectivity index (χ4v) is 4.65. The lowest BCUT2D eigenvalue weighted by molar-refractivity contribution is -0.127. The summed E-state index contributed by atoms with van der Waals surface area (Å²) in [4.78, 5) is 29.0. The Hall–Kier alpha value is -3.51. The number of amides is 1. The van der Waals surface area contributed by atoms with Crippen molar-refractivity contribution in [3.8, 4) is 11.1 Å². The predicted octanol–water partition coefficient (Wildman–Crippen LogP) is 4.61. The van der Waals surface area contributed by atoms with Gasteiger partial charge in [0.1, 0.15) is 0 Å². The molecule has 1 unspecified atom stereocenters. The molecule has 6 nitrogen and oxygen atoms in total. The third-order valence-electron chi connectivity index (χ3n) is 6.75. The Balaban J connectivity index is 1.56. The third-order valence-corrected chi connectivity index (χ3v) is 6.75. The van der Waals surface area contributed by atoms with Gasteiger partial charge in [-0.05, 0) is 85.5 Å². The Morgan fingerprint density at radius 2 is 1.68 bits per heavy atom. The molecule has 1 atom stereocenters. The first-order valence-electron chi connectivity index (χ1n) is 11.9. The zero-order valence-corrected chi connectivity index (χ0v) is 19.2. The topological polar surface area (TPSA) is 105 Å². The van der Waals surface area contributed by atoms with Gasteiger partial charge in [-0.3, -0.25) is 9.78 Å². The predicted molar refractivity (Wildman–Crippen MR) is 132 cm³/mol. The Morgan fingerprint density at radius 3 is 2.32 bits per heavy atom. The average molecular weight is 458 g/mol. The minimum Gasteiger partial charge on any atom is -0.478 e. The molecule has 4 N–H and O–H groups in total. The molecule has 0 saturated heterocycles. The zero-order chi connectivity index (χ0) is 23.9. The van der Waals surface area contributed by atoms with Crippen LogP contribution in [-0.4, -0.2) is 28.5 Å². The minimum atomic E-state index is -0.951. The Bertz CT molecular complexity index is 1110. The molecule has 0 aliphatic heterocycles. The summed E-state index contributed by atoms with van der Waals surface area (Å²) in [7, 11) is 0. The van der Waals surface area contributed by atoms with Crippen LogP contribution in [0, 0.1) is 11.8 Å². The number of carbonyl (C=O) groups excluding carboxylic acids is 1. The molecule has 34 heavy (non-hydrogen) atoms. The van der Waals surface area contributed by atoms with Gasteiger partial charge in [-0.15, -0.1) is 0 Å². The van der Waals surface area contributed by atoms with Crippen LogP contribution in [-0.2, 0) is 11.2 Å². The number of rotatable bonds is 8. The van der Waals surface area contributed by atoms with Crippen LogP contribution in [0.25, 0.3) is 11.1 Å². The van der Waals surface area contributed by atoms with E-state index >= 15 is 0 Å². The van der Waals surface area contributed by atoms with Crippen LogP contribution < -0.4 is 11.1 Å². The molecule has 1 aromatic heterocycles. The molecule has 0 spiro atoms. The number of aromatic carboxylic acids is 1. The van der Waals surface area contributed by atoms with Crippen molar-refractivity contribution < 1.29 is 14.7 Å². The number of carbonyl (C=O) groups is 2. The number of benzene rings is 2. The second-order valence-electron chi connectivity index (χ2n) is 9.06. The molecular formula is C28H31N3O3. The highest BCUT2D eigenvalue weighted by Gasteiger charge is 2.28. The van der Waals surface area contributed by atoms with Gasteiger partial charge in [-0.1, -0.05) is 42.5 Å². The molecule has 3 aromatic rings. The summed E-state index contributed by atoms with van der Waals surface area (Å²) in [5, 5.41) is 12.4. The lowest BCUT2D eigenvalue weighted by Crippen LogP contribution is -2.37. The van der Waals surface area contributed by atoms with E-state index in [0.29, 0.717) is 18.9 Å². The Labute approximate surface area is 200 Å². The summed E-state index contributed by atoms with van der Waals surface area (Å²) in [6.07, 6.45) is 6.12. The molecule has 176 valence electrons. The van der Waals surface area contributed by atoms with Gasteiger partial charge in [0, 0.05) is 12.1 Å². The minimum absolute atomic E-state index is 0.00724. The Morgan fingerprint density at radius 1 is 0.971 bits per heavy atom. The van der Waals surface area contributed by atoms with Gasteiger partial charge >= 0.3 is 5.97 Å². The number of nitrogens with zero attached hydrogens (tertiary/aromatic N) is 1. The van der Waals surface area contributed by atoms with Crippen molar-refractivity contribution in [1.29, 1.82) is 0 Å². The largest absolute Gasteiger partial charge is 0.478 e. The van der Waals surface area contributed by atoms with E-state index in [1.54, 1.807) is 30.5 Å². The van der Waals surface area contributed by atoms with Crippen molar-refractivity contribution in [3.63, 3.8) is 0 Å². The van der Waals surface area contributed by atoms with Gasteiger partial charge < -0.3 is 16.2 Å². The van der Waals surface area contributed by atoms with Crippen molar-refractivity contribution in [2.24, 2.45) is 17.6 Å². The highest BCUT2D eigenvalue weighted by atomic mass is 16.4. The van der Waals surface area contributed by atoms with E-state index < -0.39 is 5.97 Å². The normalized spacial score (nSPS) is 18.7. The van der Waals surface area contributed by atoms with Crippen LogP contribution in [0.2, 0.25) is 0 Å². The molecular weight excluding hydrogens is 426 g/mol. The van der Waals surface area contributed by atoms with Gasteiger partial charge in [-0.25, -0.2) is 4.79 Å². The molecule has 1 fully saturated rings. The summed E-state index contributed by atoms with van der Waals surface area (Å²) >= 11 is 0. The average Bonchev–Trinajstić information content (AvgIpc) is 2.89. The standard InChI is InChI=1S/C28H31N3O3/c29-18-20-6-8-22(9-7-20)27(32)31-26(16-19-4-2-1-3-5-19)25-17-24(14-15-30-25)21-10-12-23(13-11-21)28(33)34/h1-5,10-15,17,20,22,26H,6-9,16,18,29H2,(H,31,32)(H,33,34). The molecule has 1 aliphatic carbocycles. The highest BCUT2D eigenvalue weighted by Crippen LogP contribution is 2.30. The molecule has 1 heterocycles. The van der Waals surface area contributed by atoms with Crippen molar-refractivity contribution in [2.75, 3.05) is 6.54 Å². The van der Waals surface area contributed by atoms with Gasteiger partial charge in [0.15, 0.2) is 0 Å². The van der Waals surface area contributed by atoms with Crippen LogP contribution in [0.4, 0.5) is 0 Å². The number of nitrogens with one attached hydrogen (secondary N) is 1. The smallest absolute Gasteiger partial charge is 0.335 e. The molecule has 0 radical (unpaired) electrons. The molecule has 1 amide bonds. The van der Waals surface area contributed by atoms with Crippen molar-refractivity contribution in [2.45, 2.75) is 38.1 Å². The first-order valence-corrected chi connectivity index (χ1v) is 11.9. The summed E-state index contributed by atoms with van der Waals surface area (Å²) in [6.45, 7) is 0.690. The zero-order valence-electron chi connectivity index (χ0n) is 19.2. The quantitative estimate of drug-likeness (QED) is 0.458. The number of hydrogen-bond acceptors (Lipinski definition) is 4. The van der Waals surface area contributed by atoms with E-state index in [2.05, 4.69) is 22.4 Å². The molecule has 1 saturated carbocycles. The molecule has 1 aliphatic rings. The second kappa shape index (κ2) is 11.1. The molecule has 4 rings (SSSR count). The highest BCUT2D eigenvalue weighted by molar-refractivity contribution is 5.88. The van der Waals surface area contributed by atoms with E-state index in [0.717, 1.165) is 48.1 Å². The number of hydrogen-bond donors (Lipinski definition) is 3. The van der Waals surface area contributed by atoms with Gasteiger partial charge in [-0.2, -0.15) is 0 Å². The number of aromatic nitrogens is 1. The fraction of sp³-hybridized carbons (Fsp3) is 0.321. The van der Waals surface area contributed by atoms with Crippen LogP contribution in [0.5, 0.6) is 0 Å². The van der Waals surface area contributed by atoms with Crippen LogP contribution in [0.3, 0.4) is 0 Å². The third kappa shape index (κ3) is 5.88. The maximum Gasteiger partial charge on any atom is 0.335 e. The Kier molecular flexibility index (Phi) is 7.70. The van der Waals surface area contributed by atoms with E-state index in [1.807, 2.05) is 30.3 Å². The number of carboxylic acid groups (broad SMARTS) is 1. The first-order chi connectivity index (χ1) is 16.5. The van der Waals surface area contributed by atoms with Gasteiger partial charge in [0.05, 0.1) is 17.3 Å². The van der Waals surface area contributed by atoms with Crippen LogP contribution >= 0.6 is 0 Å². The number of nitrogens with two attached hydrogens (primary N) is 1. The lowest BCUT2D eigenvalue weighted by Gasteiger charge is -2.28. The summed E-state index contributed by atoms with van der Waals surface area (Å²) in [5.74, 6) is -0.342. The van der Waals surface area contributed by atoms with E-state index in [4.69, 9.17) is 10.8 Å².